The number of rotatable bonds is 7. The quantitative estimate of drug-likeness (QED) is 0.554. The number of likely N-dealkylation sites (tertiary alicyclic amines) is 1. The van der Waals surface area contributed by atoms with Gasteiger partial charge in [0.15, 0.2) is 0 Å². The molecule has 1 unspecified atom stereocenters. The fraction of sp³-hybridized carbons (Fsp3) is 0.786. The van der Waals surface area contributed by atoms with E-state index in [9.17, 15) is 9.90 Å². The Morgan fingerprint density at radius 3 is 2.78 bits per heavy atom. The van der Waals surface area contributed by atoms with Crippen molar-refractivity contribution in [2.45, 2.75) is 38.7 Å². The zero-order valence-corrected chi connectivity index (χ0v) is 11.3. The summed E-state index contributed by atoms with van der Waals surface area (Å²) in [4.78, 5) is 13.8. The van der Waals surface area contributed by atoms with Crippen LogP contribution in [0.1, 0.15) is 32.6 Å². The van der Waals surface area contributed by atoms with Gasteiger partial charge in [-0.1, -0.05) is 6.08 Å². The predicted octanol–water partition coefficient (Wildman–Crippen LogP) is 1.59. The number of hydrogen-bond donors (Lipinski definition) is 1. The Labute approximate surface area is 110 Å². The maximum absolute atomic E-state index is 11.6. The third-order valence-electron chi connectivity index (χ3n) is 3.38. The van der Waals surface area contributed by atoms with E-state index in [4.69, 9.17) is 4.74 Å². The van der Waals surface area contributed by atoms with Crippen LogP contribution in [-0.4, -0.2) is 48.3 Å². The lowest BCUT2D eigenvalue weighted by Crippen LogP contribution is -2.40. The molecule has 1 aliphatic heterocycles. The number of aliphatic hydroxyl groups excluding tert-OH is 1. The molecule has 1 aliphatic rings. The topological polar surface area (TPSA) is 49.8 Å². The Bertz CT molecular complexity index is 260. The van der Waals surface area contributed by atoms with Crippen LogP contribution in [-0.2, 0) is 9.53 Å². The molecule has 1 atom stereocenters. The van der Waals surface area contributed by atoms with Gasteiger partial charge in [-0.15, -0.1) is 6.58 Å². The van der Waals surface area contributed by atoms with Crippen LogP contribution in [0.5, 0.6) is 0 Å². The van der Waals surface area contributed by atoms with Crippen molar-refractivity contribution in [3.05, 3.63) is 12.7 Å². The van der Waals surface area contributed by atoms with Crippen molar-refractivity contribution in [1.29, 1.82) is 0 Å². The lowest BCUT2D eigenvalue weighted by atomic mass is 9.96. The number of nitrogens with zero attached hydrogens (tertiary/aromatic N) is 1. The van der Waals surface area contributed by atoms with E-state index in [2.05, 4.69) is 11.5 Å². The van der Waals surface area contributed by atoms with Crippen LogP contribution < -0.4 is 0 Å². The van der Waals surface area contributed by atoms with Crippen LogP contribution in [0.4, 0.5) is 0 Å². The van der Waals surface area contributed by atoms with Gasteiger partial charge in [-0.05, 0) is 45.7 Å². The van der Waals surface area contributed by atoms with Crippen LogP contribution in [0.15, 0.2) is 12.7 Å². The van der Waals surface area contributed by atoms with Gasteiger partial charge in [0.2, 0.25) is 0 Å². The Morgan fingerprint density at radius 1 is 1.56 bits per heavy atom. The van der Waals surface area contributed by atoms with Gasteiger partial charge in [-0.3, -0.25) is 4.79 Å². The van der Waals surface area contributed by atoms with Gasteiger partial charge in [-0.2, -0.15) is 0 Å². The fourth-order valence-corrected chi connectivity index (χ4v) is 2.31. The standard InChI is InChI=1S/C14H25NO3/c1-3-5-6-13(16)11-15-9-7-12(8-10-15)14(17)18-4-2/h3,12-13,16H,1,4-11H2,2H3. The number of carbonyl (C=O) groups is 1. The molecule has 0 aromatic rings. The van der Waals surface area contributed by atoms with E-state index in [1.54, 1.807) is 0 Å². The van der Waals surface area contributed by atoms with Crippen molar-refractivity contribution < 1.29 is 14.6 Å². The van der Waals surface area contributed by atoms with Crippen molar-refractivity contribution >= 4 is 5.97 Å². The van der Waals surface area contributed by atoms with Crippen molar-refractivity contribution in [3.63, 3.8) is 0 Å². The number of β-amino-alcohol motifs (C(OH)–C–C–N with tert-alkyl or cyclic N) is 1. The van der Waals surface area contributed by atoms with Gasteiger partial charge in [-0.25, -0.2) is 0 Å². The summed E-state index contributed by atoms with van der Waals surface area (Å²) in [7, 11) is 0. The van der Waals surface area contributed by atoms with Crippen molar-refractivity contribution in [3.8, 4) is 0 Å². The molecular weight excluding hydrogens is 230 g/mol. The Balaban J connectivity index is 2.22. The number of hydrogen-bond acceptors (Lipinski definition) is 4. The molecule has 0 aromatic carbocycles. The first-order valence-corrected chi connectivity index (χ1v) is 6.85. The SMILES string of the molecule is C=CCCC(O)CN1CCC(C(=O)OCC)CC1. The first-order chi connectivity index (χ1) is 8.67. The molecule has 4 nitrogen and oxygen atoms in total. The molecule has 0 radical (unpaired) electrons. The molecule has 0 aliphatic carbocycles. The lowest BCUT2D eigenvalue weighted by molar-refractivity contribution is -0.149. The molecule has 1 rings (SSSR count). The molecule has 104 valence electrons. The second kappa shape index (κ2) is 8.27. The van der Waals surface area contributed by atoms with Crippen LogP contribution in [0.3, 0.4) is 0 Å². The van der Waals surface area contributed by atoms with Gasteiger partial charge in [0.1, 0.15) is 0 Å². The summed E-state index contributed by atoms with van der Waals surface area (Å²) in [5.74, 6) is -0.0177. The second-order valence-corrected chi connectivity index (χ2v) is 4.85. The van der Waals surface area contributed by atoms with E-state index in [1.165, 1.54) is 0 Å². The van der Waals surface area contributed by atoms with Gasteiger partial charge in [0, 0.05) is 6.54 Å². The van der Waals surface area contributed by atoms with Crippen LogP contribution in [0.2, 0.25) is 0 Å². The van der Waals surface area contributed by atoms with Crippen molar-refractivity contribution in [2.24, 2.45) is 5.92 Å². The van der Waals surface area contributed by atoms with E-state index in [-0.39, 0.29) is 18.0 Å². The minimum atomic E-state index is -0.290. The second-order valence-electron chi connectivity index (χ2n) is 4.85. The molecule has 0 bridgehead atoms. The smallest absolute Gasteiger partial charge is 0.309 e. The maximum Gasteiger partial charge on any atom is 0.309 e. The molecule has 18 heavy (non-hydrogen) atoms. The third kappa shape index (κ3) is 5.19. The minimum Gasteiger partial charge on any atom is -0.466 e. The van der Waals surface area contributed by atoms with E-state index in [0.717, 1.165) is 38.8 Å². The zero-order chi connectivity index (χ0) is 13.4. The van der Waals surface area contributed by atoms with E-state index in [0.29, 0.717) is 13.2 Å². The van der Waals surface area contributed by atoms with Crippen LogP contribution >= 0.6 is 0 Å². The molecule has 1 heterocycles. The van der Waals surface area contributed by atoms with E-state index in [1.807, 2.05) is 13.0 Å². The predicted molar refractivity (Wildman–Crippen MR) is 71.2 cm³/mol. The maximum atomic E-state index is 11.6. The number of piperidine rings is 1. The molecule has 0 saturated carbocycles. The molecular formula is C14H25NO3. The van der Waals surface area contributed by atoms with E-state index >= 15 is 0 Å². The highest BCUT2D eigenvalue weighted by atomic mass is 16.5. The third-order valence-corrected chi connectivity index (χ3v) is 3.38. The highest BCUT2D eigenvalue weighted by Crippen LogP contribution is 2.19. The Kier molecular flexibility index (Phi) is 6.98. The first-order valence-electron chi connectivity index (χ1n) is 6.85. The Morgan fingerprint density at radius 2 is 2.22 bits per heavy atom. The van der Waals surface area contributed by atoms with Gasteiger partial charge < -0.3 is 14.7 Å². The number of ether oxygens (including phenoxy) is 1. The van der Waals surface area contributed by atoms with Crippen LogP contribution in [0.25, 0.3) is 0 Å². The summed E-state index contributed by atoms with van der Waals surface area (Å²) in [5.41, 5.74) is 0. The first kappa shape index (κ1) is 15.2. The molecule has 4 heteroatoms. The number of carbonyl (C=O) groups excluding carboxylic acids is 1. The largest absolute Gasteiger partial charge is 0.466 e. The summed E-state index contributed by atoms with van der Waals surface area (Å²) >= 11 is 0. The molecule has 0 amide bonds. The Hall–Kier alpha value is -0.870. The molecule has 0 spiro atoms. The summed E-state index contributed by atoms with van der Waals surface area (Å²) in [6.07, 6.45) is 4.83. The molecule has 1 saturated heterocycles. The van der Waals surface area contributed by atoms with E-state index < -0.39 is 0 Å². The lowest BCUT2D eigenvalue weighted by Gasteiger charge is -2.32. The van der Waals surface area contributed by atoms with Crippen LogP contribution in [0, 0.1) is 5.92 Å². The highest BCUT2D eigenvalue weighted by Gasteiger charge is 2.26. The summed E-state index contributed by atoms with van der Waals surface area (Å²) < 4.78 is 5.03. The normalized spacial score (nSPS) is 19.4. The van der Waals surface area contributed by atoms with Crippen molar-refractivity contribution in [2.75, 3.05) is 26.2 Å². The number of allylic oxidation sites excluding steroid dienone is 1. The monoisotopic (exact) mass is 255 g/mol. The number of esters is 1. The summed E-state index contributed by atoms with van der Waals surface area (Å²) in [6.45, 7) is 8.38. The van der Waals surface area contributed by atoms with Gasteiger partial charge >= 0.3 is 5.97 Å². The average molecular weight is 255 g/mol. The van der Waals surface area contributed by atoms with Gasteiger partial charge in [0.25, 0.3) is 0 Å². The molecule has 0 aromatic heterocycles. The highest BCUT2D eigenvalue weighted by molar-refractivity contribution is 5.72. The molecule has 1 fully saturated rings. The fourth-order valence-electron chi connectivity index (χ4n) is 2.31. The zero-order valence-electron chi connectivity index (χ0n) is 11.3. The molecule has 1 N–H and O–H groups in total. The average Bonchev–Trinajstić information content (AvgIpc) is 2.37. The minimum absolute atomic E-state index is 0.0477. The number of aliphatic hydroxyl groups is 1. The summed E-state index contributed by atoms with van der Waals surface area (Å²) in [6, 6.07) is 0. The van der Waals surface area contributed by atoms with Gasteiger partial charge in [0.05, 0.1) is 18.6 Å². The van der Waals surface area contributed by atoms with Crippen molar-refractivity contribution in [1.82, 2.24) is 4.90 Å². The summed E-state index contributed by atoms with van der Waals surface area (Å²) in [5, 5.41) is 9.81.